The fourth-order valence-electron chi connectivity index (χ4n) is 3.29. The Balaban J connectivity index is 1.56. The minimum Gasteiger partial charge on any atom is -0.454 e. The molecule has 3 aromatic rings. The molecular weight excluding hydrogens is 386 g/mol. The number of benzene rings is 3. The van der Waals surface area contributed by atoms with Crippen LogP contribution in [0, 0.1) is 0 Å². The zero-order valence-electron chi connectivity index (χ0n) is 34.3. The molecule has 0 unspecified atom stereocenters. The molecule has 0 amide bonds. The van der Waals surface area contributed by atoms with Crippen molar-refractivity contribution < 1.29 is 38.9 Å². The molecule has 1 fully saturated rings. The Morgan fingerprint density at radius 1 is 1.03 bits per heavy atom. The van der Waals surface area contributed by atoms with Gasteiger partial charge in [0.25, 0.3) is 0 Å². The molecule has 0 saturated carbocycles. The molecule has 0 spiro atoms. The summed E-state index contributed by atoms with van der Waals surface area (Å²) in [6.45, 7) is -3.19. The third-order valence-corrected chi connectivity index (χ3v) is 4.71. The minimum atomic E-state index is -2.95. The average molecular weight is 434 g/mol. The maximum Gasteiger partial charge on any atom is 0.231 e. The molecule has 2 aliphatic heterocycles. The Labute approximate surface area is 209 Å². The molecule has 1 saturated heterocycles. The lowest BCUT2D eigenvalue weighted by atomic mass is 10.00. The van der Waals surface area contributed by atoms with Crippen LogP contribution < -0.4 is 9.47 Å². The van der Waals surface area contributed by atoms with Gasteiger partial charge >= 0.3 is 0 Å². The van der Waals surface area contributed by atoms with E-state index in [0.717, 1.165) is 0 Å². The number of rotatable bonds is 7. The lowest BCUT2D eigenvalue weighted by Gasteiger charge is -2.35. The molecule has 5 rings (SSSR count). The van der Waals surface area contributed by atoms with Gasteiger partial charge in [0, 0.05) is 15.8 Å². The normalized spacial score (nSPS) is 29.1. The zero-order chi connectivity index (χ0) is 36.7. The van der Waals surface area contributed by atoms with E-state index in [2.05, 4.69) is 0 Å². The summed E-state index contributed by atoms with van der Waals surface area (Å²) in [5.41, 5.74) is -2.13. The Morgan fingerprint density at radius 3 is 2.48 bits per heavy atom. The third-order valence-electron chi connectivity index (χ3n) is 4.71. The van der Waals surface area contributed by atoms with Crippen LogP contribution in [-0.4, -0.2) is 37.4 Å². The fourth-order valence-corrected chi connectivity index (χ4v) is 3.29. The molecule has 0 N–H and O–H groups in total. The van der Waals surface area contributed by atoms with Gasteiger partial charge in [-0.15, -0.1) is 0 Å². The summed E-state index contributed by atoms with van der Waals surface area (Å²) in [7, 11) is 0. The number of likely N-dealkylation sites (tertiary alicyclic amines) is 1. The third kappa shape index (κ3) is 4.92. The van der Waals surface area contributed by atoms with Crippen LogP contribution >= 0.6 is 0 Å². The lowest BCUT2D eigenvalue weighted by Crippen LogP contribution is -2.41. The number of hydrogen-bond donors (Lipinski definition) is 0. The molecule has 4 heteroatoms. The van der Waals surface area contributed by atoms with E-state index in [1.165, 1.54) is 4.90 Å². The first kappa shape index (κ1) is 8.27. The number of hydrogen-bond acceptors (Lipinski definition) is 4. The first-order valence-corrected chi connectivity index (χ1v) is 9.63. The first-order chi connectivity index (χ1) is 22.6. The molecule has 0 bridgehead atoms. The standard InChI is InChI=1S/C27H29NO3/c1-3-8-22(9-4-1)27(23-10-5-2-6-11-23)31-24-12-7-16-28(19-24)17-15-21-13-14-25-26(18-21)30-20-29-25/h1-6,8-11,13-14,18,24,27H,7,12,15-17,19-20H2/t24-/m1/s1/i1D,2D,3D,4D,5D,6D,8D,9D,10D,11D,13D,14D,15D2,18D,20D2,27D. The Bertz CT molecular complexity index is 1740. The van der Waals surface area contributed by atoms with Crippen LogP contribution in [0.5, 0.6) is 11.5 Å². The largest absolute Gasteiger partial charge is 0.454 e. The van der Waals surface area contributed by atoms with Crippen molar-refractivity contribution in [3.05, 3.63) is 95.2 Å². The van der Waals surface area contributed by atoms with Gasteiger partial charge in [-0.25, -0.2) is 0 Å². The summed E-state index contributed by atoms with van der Waals surface area (Å²) in [4.78, 5) is 1.50. The van der Waals surface area contributed by atoms with Crippen molar-refractivity contribution in [1.82, 2.24) is 4.90 Å². The zero-order valence-corrected chi connectivity index (χ0v) is 16.3. The average Bonchev–Trinajstić information content (AvgIpc) is 3.35. The predicted molar refractivity (Wildman–Crippen MR) is 122 cm³/mol. The van der Waals surface area contributed by atoms with Gasteiger partial charge in [-0.1, -0.05) is 66.5 Å². The second kappa shape index (κ2) is 9.54. The predicted octanol–water partition coefficient (Wildman–Crippen LogP) is 5.23. The monoisotopic (exact) mass is 433 g/mol. The summed E-state index contributed by atoms with van der Waals surface area (Å²) in [5.74, 6) is -1.03. The summed E-state index contributed by atoms with van der Waals surface area (Å²) < 4.78 is 167. The first-order valence-electron chi connectivity index (χ1n) is 18.6. The fraction of sp³-hybridized carbons (Fsp3) is 0.333. The molecule has 0 aliphatic carbocycles. The van der Waals surface area contributed by atoms with Crippen molar-refractivity contribution in [2.75, 3.05) is 26.4 Å². The van der Waals surface area contributed by atoms with Crippen molar-refractivity contribution in [2.24, 2.45) is 0 Å². The molecule has 2 heterocycles. The summed E-state index contributed by atoms with van der Waals surface area (Å²) in [6.07, 6.45) is -6.10. The van der Waals surface area contributed by atoms with Crippen LogP contribution in [0.4, 0.5) is 0 Å². The highest BCUT2D eigenvalue weighted by Crippen LogP contribution is 2.33. The van der Waals surface area contributed by atoms with Crippen LogP contribution in [0.15, 0.2) is 78.6 Å². The Kier molecular flexibility index (Phi) is 2.55. The van der Waals surface area contributed by atoms with Gasteiger partial charge in [-0.2, -0.15) is 0 Å². The van der Waals surface area contributed by atoms with Crippen molar-refractivity contribution in [3.8, 4) is 11.5 Å². The second-order valence-corrected chi connectivity index (χ2v) is 6.82. The quantitative estimate of drug-likeness (QED) is 0.511. The minimum absolute atomic E-state index is 0.167. The van der Waals surface area contributed by atoms with E-state index in [4.69, 9.17) is 37.5 Å². The lowest BCUT2D eigenvalue weighted by molar-refractivity contribution is -0.0330. The Hall–Kier alpha value is -2.82. The molecule has 1 atom stereocenters. The van der Waals surface area contributed by atoms with E-state index in [-0.39, 0.29) is 19.5 Å². The second-order valence-electron chi connectivity index (χ2n) is 6.82. The SMILES string of the molecule is [2H]c1c([2H])c([2H])c(C([2H])(O[C@@H]2CCCN(CC([2H])([2H])c3c([2H])c([2H])c4c(c3[2H])OC([2H])([2H])O4)C2)c2c([2H])c([2H])c([2H])c([2H])c2[2H])c([2H])c1[2H]. The number of nitrogens with zero attached hydrogens (tertiary/aromatic N) is 1. The number of piperidine rings is 1. The smallest absolute Gasteiger partial charge is 0.231 e. The van der Waals surface area contributed by atoms with Crippen LogP contribution in [0.2, 0.25) is 0 Å². The van der Waals surface area contributed by atoms with Crippen molar-refractivity contribution in [1.29, 1.82) is 0 Å². The van der Waals surface area contributed by atoms with Gasteiger partial charge < -0.3 is 19.1 Å². The number of ether oxygens (including phenoxy) is 3. The van der Waals surface area contributed by atoms with E-state index < -0.39 is 139 Å². The van der Waals surface area contributed by atoms with Gasteiger partial charge in [0.2, 0.25) is 6.75 Å². The topological polar surface area (TPSA) is 30.9 Å². The van der Waals surface area contributed by atoms with E-state index in [0.29, 0.717) is 6.42 Å². The van der Waals surface area contributed by atoms with E-state index in [9.17, 15) is 1.37 Å². The maximum absolute atomic E-state index is 9.52. The van der Waals surface area contributed by atoms with Gasteiger partial charge in [-0.3, -0.25) is 0 Å². The van der Waals surface area contributed by atoms with E-state index >= 15 is 0 Å². The van der Waals surface area contributed by atoms with Crippen molar-refractivity contribution >= 4 is 0 Å². The molecule has 3 aromatic carbocycles. The molecular formula is C27H29NO3. The molecule has 31 heavy (non-hydrogen) atoms. The summed E-state index contributed by atoms with van der Waals surface area (Å²) >= 11 is 0. The van der Waals surface area contributed by atoms with Crippen molar-refractivity contribution in [2.45, 2.75) is 31.4 Å². The van der Waals surface area contributed by atoms with E-state index in [1.54, 1.807) is 0 Å². The van der Waals surface area contributed by atoms with Crippen LogP contribution in [0.3, 0.4) is 0 Å². The highest BCUT2D eigenvalue weighted by Gasteiger charge is 2.25. The van der Waals surface area contributed by atoms with E-state index in [1.807, 2.05) is 0 Å². The van der Waals surface area contributed by atoms with Crippen LogP contribution in [-0.2, 0) is 11.1 Å². The molecule has 0 aromatic heterocycles. The van der Waals surface area contributed by atoms with Gasteiger partial charge in [0.1, 0.15) is 8.82 Å². The van der Waals surface area contributed by atoms with Crippen LogP contribution in [0.25, 0.3) is 0 Å². The van der Waals surface area contributed by atoms with Crippen LogP contribution in [0.1, 0.15) is 60.3 Å². The van der Waals surface area contributed by atoms with Gasteiger partial charge in [0.05, 0.1) is 25.3 Å². The summed E-state index contributed by atoms with van der Waals surface area (Å²) in [5, 5.41) is 0. The highest BCUT2D eigenvalue weighted by atomic mass is 16.7. The molecule has 4 nitrogen and oxygen atoms in total. The molecule has 160 valence electrons. The van der Waals surface area contributed by atoms with Crippen molar-refractivity contribution in [3.63, 3.8) is 0 Å². The highest BCUT2D eigenvalue weighted by molar-refractivity contribution is 5.44. The molecule has 2 aliphatic rings. The Morgan fingerprint density at radius 2 is 1.74 bits per heavy atom. The molecule has 0 radical (unpaired) electrons. The number of fused-ring (bicyclic) bond motifs is 1. The van der Waals surface area contributed by atoms with Gasteiger partial charge in [0.15, 0.2) is 11.5 Å². The maximum atomic E-state index is 9.52. The van der Waals surface area contributed by atoms with Gasteiger partial charge in [-0.05, 0) is 54.5 Å². The summed E-state index contributed by atoms with van der Waals surface area (Å²) in [6, 6.07) is -10.6.